The summed E-state index contributed by atoms with van der Waals surface area (Å²) in [6, 6.07) is -0.307. The maximum absolute atomic E-state index is 12.4. The van der Waals surface area contributed by atoms with Crippen LogP contribution < -0.4 is 5.32 Å². The van der Waals surface area contributed by atoms with Gasteiger partial charge in [0.05, 0.1) is 11.6 Å². The summed E-state index contributed by atoms with van der Waals surface area (Å²) in [7, 11) is 0. The van der Waals surface area contributed by atoms with E-state index in [-0.39, 0.29) is 25.1 Å². The van der Waals surface area contributed by atoms with Gasteiger partial charge in [0.25, 0.3) is 5.91 Å². The van der Waals surface area contributed by atoms with Crippen LogP contribution in [-0.4, -0.2) is 17.7 Å². The Bertz CT molecular complexity index is 469. The molecular weight excluding hydrogens is 250 g/mol. The van der Waals surface area contributed by atoms with Crippen LogP contribution in [0.3, 0.4) is 0 Å². The molecule has 112 valence electrons. The lowest BCUT2D eigenvalue weighted by Crippen LogP contribution is -2.48. The number of rotatable bonds is 5. The lowest BCUT2D eigenvalue weighted by molar-refractivity contribution is -0.129. The lowest BCUT2D eigenvalue weighted by atomic mass is 9.80. The molecule has 1 amide bonds. The Labute approximate surface area is 123 Å². The van der Waals surface area contributed by atoms with Crippen molar-refractivity contribution in [2.24, 2.45) is 11.8 Å². The highest BCUT2D eigenvalue weighted by Crippen LogP contribution is 2.28. The third-order valence-electron chi connectivity index (χ3n) is 4.36. The zero-order valence-electron chi connectivity index (χ0n) is 12.8. The molecule has 3 heteroatoms. The van der Waals surface area contributed by atoms with Crippen molar-refractivity contribution in [3.63, 3.8) is 0 Å². The van der Waals surface area contributed by atoms with Gasteiger partial charge in [-0.1, -0.05) is 33.1 Å². The van der Waals surface area contributed by atoms with Gasteiger partial charge in [-0.15, -0.1) is 5.73 Å². The summed E-state index contributed by atoms with van der Waals surface area (Å²) in [5.41, 5.74) is 4.83. The zero-order valence-corrected chi connectivity index (χ0v) is 12.8. The van der Waals surface area contributed by atoms with Crippen LogP contribution in [-0.2, 0) is 9.59 Å². The van der Waals surface area contributed by atoms with Crippen LogP contribution >= 0.6 is 0 Å². The minimum atomic E-state index is -0.307. The molecule has 0 spiro atoms. The molecule has 1 saturated carbocycles. The van der Waals surface area contributed by atoms with Crippen LogP contribution in [0.2, 0.25) is 0 Å². The number of hydrogen-bond acceptors (Lipinski definition) is 2. The maximum Gasteiger partial charge on any atom is 0.255 e. The van der Waals surface area contributed by atoms with Crippen molar-refractivity contribution in [2.45, 2.75) is 65.3 Å². The topological polar surface area (TPSA) is 46.2 Å². The van der Waals surface area contributed by atoms with Crippen LogP contribution in [0.5, 0.6) is 0 Å². The van der Waals surface area contributed by atoms with E-state index in [1.807, 2.05) is 20.8 Å². The summed E-state index contributed by atoms with van der Waals surface area (Å²) in [6.45, 7) is 5.79. The average molecular weight is 277 g/mol. The van der Waals surface area contributed by atoms with Crippen molar-refractivity contribution in [1.82, 2.24) is 5.32 Å². The number of carbonyl (C=O) groups excluding carboxylic acids is 2. The van der Waals surface area contributed by atoms with Gasteiger partial charge in [0.15, 0.2) is 5.78 Å². The first kappa shape index (κ1) is 15.1. The van der Waals surface area contributed by atoms with Gasteiger partial charge in [-0.05, 0) is 31.3 Å². The quantitative estimate of drug-likeness (QED) is 0.783. The Morgan fingerprint density at radius 3 is 2.35 bits per heavy atom. The highest BCUT2D eigenvalue weighted by molar-refractivity contribution is 5.99. The van der Waals surface area contributed by atoms with Gasteiger partial charge >= 0.3 is 0 Å². The van der Waals surface area contributed by atoms with Crippen molar-refractivity contribution >= 4 is 11.7 Å². The molecule has 2 aliphatic carbocycles. The normalized spacial score (nSPS) is 20.8. The first-order chi connectivity index (χ1) is 9.49. The summed E-state index contributed by atoms with van der Waals surface area (Å²) in [5.74, 6) is 0.356. The second-order valence-electron chi connectivity index (χ2n) is 6.47. The number of ketones is 1. The highest BCUT2D eigenvalue weighted by atomic mass is 16.2. The second-order valence-corrected chi connectivity index (χ2v) is 6.47. The van der Waals surface area contributed by atoms with Crippen molar-refractivity contribution in [3.05, 3.63) is 16.9 Å². The van der Waals surface area contributed by atoms with Crippen molar-refractivity contribution in [3.8, 4) is 0 Å². The molecule has 0 aromatic heterocycles. The lowest BCUT2D eigenvalue weighted by Gasteiger charge is -2.31. The molecule has 0 heterocycles. The fourth-order valence-corrected chi connectivity index (χ4v) is 3.12. The highest BCUT2D eigenvalue weighted by Gasteiger charge is 2.33. The standard InChI is InChI=1S/C17H25NO2.H2/c1-11(2)16(19)15(13-7-5-4-6-8-13)18-17(20)14-9-12(3)10-14;/h11,13,15H,4-9H2,1-3H3,(H,18,20);1H/t15-;/m1./s1. The third-order valence-corrected chi connectivity index (χ3v) is 4.36. The number of nitrogens with one attached hydrogen (secondary N) is 1. The summed E-state index contributed by atoms with van der Waals surface area (Å²) in [4.78, 5) is 24.6. The first-order valence-corrected chi connectivity index (χ1v) is 7.79. The summed E-state index contributed by atoms with van der Waals surface area (Å²) >= 11 is 0. The number of hydrogen-bond donors (Lipinski definition) is 1. The van der Waals surface area contributed by atoms with Crippen LogP contribution in [0.4, 0.5) is 0 Å². The SMILES string of the molecule is CC1=C=C(C(=O)N[C@@H](C(=O)C(C)C)C2CCCCC2)C1.[HH]. The minimum Gasteiger partial charge on any atom is -0.342 e. The van der Waals surface area contributed by atoms with E-state index in [2.05, 4.69) is 11.0 Å². The van der Waals surface area contributed by atoms with E-state index in [0.29, 0.717) is 17.9 Å². The van der Waals surface area contributed by atoms with E-state index in [4.69, 9.17) is 0 Å². The number of carbonyl (C=O) groups is 2. The molecule has 3 nitrogen and oxygen atoms in total. The molecule has 0 unspecified atom stereocenters. The summed E-state index contributed by atoms with van der Waals surface area (Å²) in [6.07, 6.45) is 6.40. The molecule has 0 aromatic rings. The van der Waals surface area contributed by atoms with Gasteiger partial charge in [0.1, 0.15) is 0 Å². The van der Waals surface area contributed by atoms with E-state index in [9.17, 15) is 9.59 Å². The molecule has 0 bridgehead atoms. The molecular formula is C17H27NO2. The van der Waals surface area contributed by atoms with Crippen molar-refractivity contribution in [2.75, 3.05) is 0 Å². The number of amides is 1. The van der Waals surface area contributed by atoms with Crippen LogP contribution in [0, 0.1) is 11.8 Å². The monoisotopic (exact) mass is 277 g/mol. The minimum absolute atomic E-state index is 0. The van der Waals surface area contributed by atoms with Gasteiger partial charge in [-0.2, -0.15) is 0 Å². The zero-order chi connectivity index (χ0) is 14.7. The van der Waals surface area contributed by atoms with Gasteiger partial charge in [-0.25, -0.2) is 0 Å². The number of Topliss-reactive ketones (excluding diaryl/α,β-unsaturated/α-hetero) is 1. The third kappa shape index (κ3) is 3.40. The Balaban J connectivity index is 0.00000220. The molecule has 1 fully saturated rings. The van der Waals surface area contributed by atoms with Crippen LogP contribution in [0.1, 0.15) is 60.7 Å². The van der Waals surface area contributed by atoms with Gasteiger partial charge in [0.2, 0.25) is 0 Å². The Kier molecular flexibility index (Phi) is 4.82. The summed E-state index contributed by atoms with van der Waals surface area (Å²) < 4.78 is 0. The molecule has 0 radical (unpaired) electrons. The molecule has 0 aliphatic heterocycles. The van der Waals surface area contributed by atoms with Gasteiger partial charge in [-0.3, -0.25) is 9.59 Å². The van der Waals surface area contributed by atoms with E-state index in [0.717, 1.165) is 18.4 Å². The predicted octanol–water partition coefficient (Wildman–Crippen LogP) is 3.40. The van der Waals surface area contributed by atoms with Gasteiger partial charge in [0, 0.05) is 13.8 Å². The predicted molar refractivity (Wildman–Crippen MR) is 81.3 cm³/mol. The molecule has 2 rings (SSSR count). The summed E-state index contributed by atoms with van der Waals surface area (Å²) in [5, 5.41) is 2.99. The fourth-order valence-electron chi connectivity index (χ4n) is 3.12. The van der Waals surface area contributed by atoms with E-state index in [1.165, 1.54) is 19.3 Å². The average Bonchev–Trinajstić information content (AvgIpc) is 2.41. The smallest absolute Gasteiger partial charge is 0.255 e. The van der Waals surface area contributed by atoms with Crippen LogP contribution in [0.15, 0.2) is 16.9 Å². The van der Waals surface area contributed by atoms with E-state index < -0.39 is 0 Å². The van der Waals surface area contributed by atoms with Crippen molar-refractivity contribution < 1.29 is 11.0 Å². The molecule has 0 aromatic carbocycles. The molecule has 0 saturated heterocycles. The maximum atomic E-state index is 12.4. The van der Waals surface area contributed by atoms with E-state index >= 15 is 0 Å². The second kappa shape index (κ2) is 6.41. The Morgan fingerprint density at radius 2 is 1.85 bits per heavy atom. The van der Waals surface area contributed by atoms with Crippen LogP contribution in [0.25, 0.3) is 0 Å². The molecule has 20 heavy (non-hydrogen) atoms. The molecule has 1 atom stereocenters. The first-order valence-electron chi connectivity index (χ1n) is 7.79. The Morgan fingerprint density at radius 1 is 1.25 bits per heavy atom. The van der Waals surface area contributed by atoms with Crippen molar-refractivity contribution in [1.29, 1.82) is 0 Å². The largest absolute Gasteiger partial charge is 0.342 e. The molecule has 2 aliphatic rings. The van der Waals surface area contributed by atoms with E-state index in [1.54, 1.807) is 0 Å². The molecule has 1 N–H and O–H groups in total. The van der Waals surface area contributed by atoms with Gasteiger partial charge < -0.3 is 5.32 Å². The fraction of sp³-hybridized carbons (Fsp3) is 0.706. The Hall–Kier alpha value is -1.34.